The van der Waals surface area contributed by atoms with E-state index in [1.54, 1.807) is 6.07 Å². The van der Waals surface area contributed by atoms with E-state index in [0.29, 0.717) is 31.1 Å². The average molecular weight is 331 g/mol. The number of rotatable bonds is 7. The Morgan fingerprint density at radius 1 is 1.17 bits per heavy atom. The maximum Gasteiger partial charge on any atom is 0.195 e. The van der Waals surface area contributed by atoms with Crippen molar-refractivity contribution in [1.29, 1.82) is 0 Å². The summed E-state index contributed by atoms with van der Waals surface area (Å²) in [5.41, 5.74) is 3.02. The van der Waals surface area contributed by atoms with E-state index in [0.717, 1.165) is 16.7 Å². The van der Waals surface area contributed by atoms with E-state index in [-0.39, 0.29) is 0 Å². The van der Waals surface area contributed by atoms with Crippen LogP contribution in [0.25, 0.3) is 0 Å². The van der Waals surface area contributed by atoms with Crippen LogP contribution in [0.3, 0.4) is 0 Å². The van der Waals surface area contributed by atoms with Gasteiger partial charge in [-0.1, -0.05) is 48.0 Å². The standard InChI is InChI=1S/C18H21NO3S/c1-14-7-8-17(23(20,21)18-12-19-18)16(11-14)9-10-22-13-15-5-3-2-4-6-15/h2-8,11,18-19H,9-10,12-13H2,1H3/t18-/m1/s1. The summed E-state index contributed by atoms with van der Waals surface area (Å²) in [7, 11) is -3.27. The minimum atomic E-state index is -3.27. The van der Waals surface area contributed by atoms with Crippen molar-refractivity contribution in [2.45, 2.75) is 30.2 Å². The third-order valence-corrected chi connectivity index (χ3v) is 5.99. The van der Waals surface area contributed by atoms with Crippen molar-refractivity contribution in [3.63, 3.8) is 0 Å². The Bertz CT molecular complexity index is 768. The van der Waals surface area contributed by atoms with Gasteiger partial charge in [-0.05, 0) is 30.5 Å². The number of aryl methyl sites for hydroxylation is 1. The van der Waals surface area contributed by atoms with Crippen molar-refractivity contribution in [3.05, 3.63) is 65.2 Å². The summed E-state index contributed by atoms with van der Waals surface area (Å²) in [5.74, 6) is 0. The van der Waals surface area contributed by atoms with Crippen LogP contribution in [-0.4, -0.2) is 26.9 Å². The maximum atomic E-state index is 12.5. The van der Waals surface area contributed by atoms with Gasteiger partial charge in [0.1, 0.15) is 5.37 Å². The van der Waals surface area contributed by atoms with E-state index < -0.39 is 15.2 Å². The van der Waals surface area contributed by atoms with Crippen LogP contribution in [-0.2, 0) is 27.6 Å². The van der Waals surface area contributed by atoms with Gasteiger partial charge in [-0.2, -0.15) is 0 Å². The quantitative estimate of drug-likeness (QED) is 0.625. The molecule has 0 amide bonds. The molecule has 2 aromatic carbocycles. The molecule has 0 spiro atoms. The third kappa shape index (κ3) is 3.99. The molecular weight excluding hydrogens is 310 g/mol. The molecule has 1 heterocycles. The summed E-state index contributed by atoms with van der Waals surface area (Å²) in [6.45, 7) is 3.55. The fourth-order valence-electron chi connectivity index (χ4n) is 2.55. The van der Waals surface area contributed by atoms with Gasteiger partial charge in [0, 0.05) is 6.54 Å². The molecule has 2 aromatic rings. The van der Waals surface area contributed by atoms with Crippen LogP contribution in [0.5, 0.6) is 0 Å². The highest BCUT2D eigenvalue weighted by Gasteiger charge is 2.37. The fraction of sp³-hybridized carbons (Fsp3) is 0.333. The molecule has 1 aliphatic heterocycles. The largest absolute Gasteiger partial charge is 0.376 e. The smallest absolute Gasteiger partial charge is 0.195 e. The van der Waals surface area contributed by atoms with Crippen LogP contribution in [0, 0.1) is 6.92 Å². The molecule has 1 N–H and O–H groups in total. The fourth-order valence-corrected chi connectivity index (χ4v) is 4.17. The van der Waals surface area contributed by atoms with Gasteiger partial charge in [-0.25, -0.2) is 8.42 Å². The minimum Gasteiger partial charge on any atom is -0.376 e. The Kier molecular flexibility index (Phi) is 4.80. The summed E-state index contributed by atoms with van der Waals surface area (Å²) in [6, 6.07) is 15.5. The monoisotopic (exact) mass is 331 g/mol. The molecule has 1 fully saturated rings. The summed E-state index contributed by atoms with van der Waals surface area (Å²) >= 11 is 0. The number of benzene rings is 2. The lowest BCUT2D eigenvalue weighted by Gasteiger charge is -2.11. The molecular formula is C18H21NO3S. The summed E-state index contributed by atoms with van der Waals surface area (Å²) in [4.78, 5) is 0.432. The summed E-state index contributed by atoms with van der Waals surface area (Å²) < 4.78 is 30.7. The highest BCUT2D eigenvalue weighted by Crippen LogP contribution is 2.25. The number of hydrogen-bond donors (Lipinski definition) is 1. The normalized spacial score (nSPS) is 17.2. The van der Waals surface area contributed by atoms with Gasteiger partial charge in [0.2, 0.25) is 0 Å². The van der Waals surface area contributed by atoms with Gasteiger partial charge in [-0.15, -0.1) is 0 Å². The zero-order valence-corrected chi connectivity index (χ0v) is 14.0. The SMILES string of the molecule is Cc1ccc(S(=O)(=O)[C@@H]2CN2)c(CCOCc2ccccc2)c1. The molecule has 5 heteroatoms. The first-order valence-electron chi connectivity index (χ1n) is 7.76. The van der Waals surface area contributed by atoms with E-state index in [4.69, 9.17) is 4.74 Å². The Morgan fingerprint density at radius 3 is 2.61 bits per heavy atom. The summed E-state index contributed by atoms with van der Waals surface area (Å²) in [5, 5.41) is 2.46. The third-order valence-electron chi connectivity index (χ3n) is 3.90. The molecule has 0 saturated carbocycles. The average Bonchev–Trinajstić information content (AvgIpc) is 3.38. The second-order valence-corrected chi connectivity index (χ2v) is 7.94. The first kappa shape index (κ1) is 16.2. The molecule has 0 aliphatic carbocycles. The van der Waals surface area contributed by atoms with Gasteiger partial charge in [-0.3, -0.25) is 5.32 Å². The molecule has 1 saturated heterocycles. The number of ether oxygens (including phenoxy) is 1. The van der Waals surface area contributed by atoms with Gasteiger partial charge in [0.25, 0.3) is 0 Å². The topological polar surface area (TPSA) is 65.3 Å². The van der Waals surface area contributed by atoms with Crippen LogP contribution < -0.4 is 5.32 Å². The summed E-state index contributed by atoms with van der Waals surface area (Å²) in [6.07, 6.45) is 0.593. The molecule has 1 aliphatic rings. The van der Waals surface area contributed by atoms with E-state index in [9.17, 15) is 8.42 Å². The second-order valence-electron chi connectivity index (χ2n) is 5.84. The predicted octanol–water partition coefficient (Wildman–Crippen LogP) is 2.46. The highest BCUT2D eigenvalue weighted by atomic mass is 32.2. The van der Waals surface area contributed by atoms with Crippen LogP contribution >= 0.6 is 0 Å². The van der Waals surface area contributed by atoms with E-state index in [1.165, 1.54) is 0 Å². The number of hydrogen-bond acceptors (Lipinski definition) is 4. The Morgan fingerprint density at radius 2 is 1.91 bits per heavy atom. The maximum absolute atomic E-state index is 12.5. The van der Waals surface area contributed by atoms with E-state index in [1.807, 2.05) is 49.4 Å². The first-order valence-corrected chi connectivity index (χ1v) is 9.30. The lowest BCUT2D eigenvalue weighted by Crippen LogP contribution is -2.14. The molecule has 122 valence electrons. The van der Waals surface area contributed by atoms with Crippen LogP contribution in [0.15, 0.2) is 53.4 Å². The number of nitrogens with one attached hydrogen (secondary N) is 1. The van der Waals surface area contributed by atoms with Crippen LogP contribution in [0.4, 0.5) is 0 Å². The van der Waals surface area contributed by atoms with E-state index >= 15 is 0 Å². The molecule has 0 aromatic heterocycles. The molecule has 3 rings (SSSR count). The van der Waals surface area contributed by atoms with E-state index in [2.05, 4.69) is 5.32 Å². The first-order chi connectivity index (χ1) is 11.1. The lowest BCUT2D eigenvalue weighted by atomic mass is 10.1. The van der Waals surface area contributed by atoms with Crippen molar-refractivity contribution < 1.29 is 13.2 Å². The minimum absolute atomic E-state index is 0.422. The Labute approximate surface area is 137 Å². The van der Waals surface area contributed by atoms with Crippen molar-refractivity contribution in [2.24, 2.45) is 0 Å². The second kappa shape index (κ2) is 6.83. The Hall–Kier alpha value is -1.69. The van der Waals surface area contributed by atoms with Crippen molar-refractivity contribution in [2.75, 3.05) is 13.2 Å². The predicted molar refractivity (Wildman–Crippen MR) is 90.0 cm³/mol. The van der Waals surface area contributed by atoms with Gasteiger partial charge in [0.05, 0.1) is 18.1 Å². The molecule has 1 atom stereocenters. The zero-order valence-electron chi connectivity index (χ0n) is 13.2. The van der Waals surface area contributed by atoms with Gasteiger partial charge in [0.15, 0.2) is 9.84 Å². The van der Waals surface area contributed by atoms with Crippen molar-refractivity contribution in [3.8, 4) is 0 Å². The van der Waals surface area contributed by atoms with Gasteiger partial charge < -0.3 is 4.74 Å². The molecule has 0 unspecified atom stereocenters. The molecule has 0 bridgehead atoms. The molecule has 0 radical (unpaired) electrons. The molecule has 23 heavy (non-hydrogen) atoms. The van der Waals surface area contributed by atoms with Crippen molar-refractivity contribution >= 4 is 9.84 Å². The lowest BCUT2D eigenvalue weighted by molar-refractivity contribution is 0.123. The van der Waals surface area contributed by atoms with Crippen LogP contribution in [0.1, 0.15) is 16.7 Å². The van der Waals surface area contributed by atoms with Gasteiger partial charge >= 0.3 is 0 Å². The van der Waals surface area contributed by atoms with Crippen molar-refractivity contribution in [1.82, 2.24) is 5.32 Å². The molecule has 4 nitrogen and oxygen atoms in total. The number of sulfone groups is 1. The van der Waals surface area contributed by atoms with Crippen LogP contribution in [0.2, 0.25) is 0 Å². The highest BCUT2D eigenvalue weighted by molar-refractivity contribution is 7.92. The zero-order chi connectivity index (χ0) is 16.3. The Balaban J connectivity index is 1.66.